The predicted molar refractivity (Wildman–Crippen MR) is 43.5 cm³/mol. The smallest absolute Gasteiger partial charge is 0.122 e. The van der Waals surface area contributed by atoms with Crippen molar-refractivity contribution in [2.24, 2.45) is 0 Å². The van der Waals surface area contributed by atoms with E-state index >= 15 is 0 Å². The van der Waals surface area contributed by atoms with E-state index in [1.54, 1.807) is 0 Å². The fraction of sp³-hybridized carbons (Fsp3) is 0.222. The molecule has 1 atom stereocenters. The predicted octanol–water partition coefficient (Wildman–Crippen LogP) is 1.74. The molecule has 0 aliphatic carbocycles. The summed E-state index contributed by atoms with van der Waals surface area (Å²) in [4.78, 5) is 10.2. The lowest BCUT2D eigenvalue weighted by Gasteiger charge is -2.30. The third kappa shape index (κ3) is 0.909. The average Bonchev–Trinajstić information content (AvgIpc) is 2.01. The number of para-hydroxylation sites is 1. The highest BCUT2D eigenvalue weighted by Crippen LogP contribution is 2.36. The van der Waals surface area contributed by atoms with E-state index in [9.17, 15) is 4.79 Å². The summed E-state index contributed by atoms with van der Waals surface area (Å²) in [5.41, 5.74) is 2.43. The number of anilines is 1. The van der Waals surface area contributed by atoms with Crippen LogP contribution < -0.4 is 5.32 Å². The van der Waals surface area contributed by atoms with E-state index in [4.69, 9.17) is 0 Å². The lowest BCUT2D eigenvalue weighted by molar-refractivity contribution is -0.108. The van der Waals surface area contributed by atoms with Gasteiger partial charge in [-0.2, -0.15) is 0 Å². The number of hydrogen-bond donors (Lipinski definition) is 1. The number of aldehydes is 1. The minimum absolute atomic E-state index is 0.267. The van der Waals surface area contributed by atoms with Gasteiger partial charge in [0.1, 0.15) is 6.29 Å². The van der Waals surface area contributed by atoms with Crippen molar-refractivity contribution in [3.63, 3.8) is 0 Å². The summed E-state index contributed by atoms with van der Waals surface area (Å²) in [6.45, 7) is 0. The number of nitrogens with one attached hydrogen (secondary N) is 1. The van der Waals surface area contributed by atoms with Crippen LogP contribution in [-0.2, 0) is 4.79 Å². The Balaban J connectivity index is 2.22. The molecule has 1 aliphatic heterocycles. The van der Waals surface area contributed by atoms with Gasteiger partial charge in [0.25, 0.3) is 0 Å². The highest BCUT2D eigenvalue weighted by Gasteiger charge is 2.23. The first kappa shape index (κ1) is 6.40. The first-order chi connectivity index (χ1) is 5.42. The van der Waals surface area contributed by atoms with Crippen LogP contribution in [0, 0.1) is 0 Å². The van der Waals surface area contributed by atoms with E-state index in [0.717, 1.165) is 6.29 Å². The average molecular weight is 147 g/mol. The minimum atomic E-state index is 0.267. The Morgan fingerprint density at radius 3 is 3.00 bits per heavy atom. The minimum Gasteiger partial charge on any atom is -0.377 e. The molecule has 2 nitrogen and oxygen atoms in total. The standard InChI is InChI=1S/C9H9NO/c11-6-5-9-7-3-1-2-4-8(7)10-9/h1-4,6,9-10H,5H2. The molecule has 0 aromatic heterocycles. The van der Waals surface area contributed by atoms with Crippen molar-refractivity contribution in [1.29, 1.82) is 0 Å². The van der Waals surface area contributed by atoms with Gasteiger partial charge in [0.05, 0.1) is 6.04 Å². The third-order valence-corrected chi connectivity index (χ3v) is 2.00. The van der Waals surface area contributed by atoms with Crippen molar-refractivity contribution in [3.8, 4) is 0 Å². The van der Waals surface area contributed by atoms with Crippen molar-refractivity contribution >= 4 is 12.0 Å². The Kier molecular flexibility index (Phi) is 1.39. The molecule has 2 rings (SSSR count). The first-order valence-corrected chi connectivity index (χ1v) is 3.71. The van der Waals surface area contributed by atoms with E-state index in [1.807, 2.05) is 18.2 Å². The van der Waals surface area contributed by atoms with Crippen molar-refractivity contribution < 1.29 is 4.79 Å². The molecule has 2 heteroatoms. The van der Waals surface area contributed by atoms with Crippen LogP contribution in [0.2, 0.25) is 0 Å². The van der Waals surface area contributed by atoms with Gasteiger partial charge in [0.15, 0.2) is 0 Å². The van der Waals surface area contributed by atoms with Gasteiger partial charge in [-0.1, -0.05) is 18.2 Å². The molecule has 0 saturated carbocycles. The summed E-state index contributed by atoms with van der Waals surface area (Å²) in [5.74, 6) is 0. The zero-order chi connectivity index (χ0) is 7.68. The quantitative estimate of drug-likeness (QED) is 0.645. The highest BCUT2D eigenvalue weighted by atomic mass is 16.1. The molecule has 0 amide bonds. The zero-order valence-corrected chi connectivity index (χ0v) is 6.08. The summed E-state index contributed by atoms with van der Waals surface area (Å²) in [7, 11) is 0. The number of benzene rings is 1. The lowest BCUT2D eigenvalue weighted by atomic mass is 9.95. The van der Waals surface area contributed by atoms with Crippen molar-refractivity contribution in [2.45, 2.75) is 12.5 Å². The van der Waals surface area contributed by atoms with Gasteiger partial charge in [-0.05, 0) is 11.6 Å². The van der Waals surface area contributed by atoms with E-state index in [-0.39, 0.29) is 6.04 Å². The van der Waals surface area contributed by atoms with Gasteiger partial charge in [0, 0.05) is 12.1 Å². The van der Waals surface area contributed by atoms with Crippen molar-refractivity contribution in [2.75, 3.05) is 5.32 Å². The van der Waals surface area contributed by atoms with Gasteiger partial charge in [-0.15, -0.1) is 0 Å². The molecular weight excluding hydrogens is 138 g/mol. The molecule has 56 valence electrons. The second-order valence-electron chi connectivity index (χ2n) is 2.69. The molecule has 0 spiro atoms. The van der Waals surface area contributed by atoms with Crippen LogP contribution in [0.1, 0.15) is 18.0 Å². The molecule has 0 fully saturated rings. The fourth-order valence-corrected chi connectivity index (χ4v) is 1.40. The van der Waals surface area contributed by atoms with E-state index in [1.165, 1.54) is 11.3 Å². The van der Waals surface area contributed by atoms with Gasteiger partial charge < -0.3 is 10.1 Å². The summed E-state index contributed by atoms with van der Waals surface area (Å²) in [6.07, 6.45) is 1.53. The Morgan fingerprint density at radius 1 is 1.45 bits per heavy atom. The van der Waals surface area contributed by atoms with Gasteiger partial charge in [-0.25, -0.2) is 0 Å². The molecule has 0 radical (unpaired) electrons. The Morgan fingerprint density at radius 2 is 2.27 bits per heavy atom. The van der Waals surface area contributed by atoms with Crippen molar-refractivity contribution in [1.82, 2.24) is 0 Å². The van der Waals surface area contributed by atoms with E-state index < -0.39 is 0 Å². The van der Waals surface area contributed by atoms with Gasteiger partial charge in [0.2, 0.25) is 0 Å². The largest absolute Gasteiger partial charge is 0.377 e. The second-order valence-corrected chi connectivity index (χ2v) is 2.69. The molecule has 1 aromatic carbocycles. The fourth-order valence-electron chi connectivity index (χ4n) is 1.40. The molecule has 0 bridgehead atoms. The molecule has 1 N–H and O–H groups in total. The molecule has 0 saturated heterocycles. The molecule has 1 aliphatic rings. The van der Waals surface area contributed by atoms with Crippen LogP contribution in [0.3, 0.4) is 0 Å². The second kappa shape index (κ2) is 2.38. The summed E-state index contributed by atoms with van der Waals surface area (Å²) < 4.78 is 0. The van der Waals surface area contributed by atoms with E-state index in [0.29, 0.717) is 6.42 Å². The monoisotopic (exact) mass is 147 g/mol. The number of carbonyl (C=O) groups is 1. The maximum absolute atomic E-state index is 10.2. The Bertz CT molecular complexity index is 283. The molecule has 1 heterocycles. The van der Waals surface area contributed by atoms with Crippen LogP contribution in [0.15, 0.2) is 24.3 Å². The summed E-state index contributed by atoms with van der Waals surface area (Å²) in [5, 5.41) is 3.19. The van der Waals surface area contributed by atoms with Crippen LogP contribution in [0.5, 0.6) is 0 Å². The van der Waals surface area contributed by atoms with Crippen molar-refractivity contribution in [3.05, 3.63) is 29.8 Å². The highest BCUT2D eigenvalue weighted by molar-refractivity contribution is 5.66. The maximum Gasteiger partial charge on any atom is 0.122 e. The normalized spacial score (nSPS) is 19.5. The number of carbonyl (C=O) groups excluding carboxylic acids is 1. The molecule has 11 heavy (non-hydrogen) atoms. The summed E-state index contributed by atoms with van der Waals surface area (Å²) >= 11 is 0. The molecule has 1 unspecified atom stereocenters. The third-order valence-electron chi connectivity index (χ3n) is 2.00. The SMILES string of the molecule is O=CCC1Nc2ccccc21. The molecular formula is C9H9NO. The van der Waals surface area contributed by atoms with Crippen LogP contribution in [0.25, 0.3) is 0 Å². The Labute approximate surface area is 65.2 Å². The molecule has 1 aromatic rings. The topological polar surface area (TPSA) is 29.1 Å². The van der Waals surface area contributed by atoms with Crippen LogP contribution >= 0.6 is 0 Å². The number of rotatable bonds is 2. The van der Waals surface area contributed by atoms with E-state index in [2.05, 4.69) is 11.4 Å². The van der Waals surface area contributed by atoms with Gasteiger partial charge in [-0.3, -0.25) is 0 Å². The van der Waals surface area contributed by atoms with Gasteiger partial charge >= 0.3 is 0 Å². The number of hydrogen-bond acceptors (Lipinski definition) is 2. The number of fused-ring (bicyclic) bond motifs is 1. The van der Waals surface area contributed by atoms with Crippen LogP contribution in [-0.4, -0.2) is 6.29 Å². The lowest BCUT2D eigenvalue weighted by Crippen LogP contribution is -2.22. The maximum atomic E-state index is 10.2. The summed E-state index contributed by atoms with van der Waals surface area (Å²) in [6, 6.07) is 8.33. The zero-order valence-electron chi connectivity index (χ0n) is 6.08. The Hall–Kier alpha value is -1.31. The van der Waals surface area contributed by atoms with Crippen LogP contribution in [0.4, 0.5) is 5.69 Å². The first-order valence-electron chi connectivity index (χ1n) is 3.71.